The third-order valence-corrected chi connectivity index (χ3v) is 1.91. The Balaban J connectivity index is 3.50. The fourth-order valence-electron chi connectivity index (χ4n) is 1.20. The van der Waals surface area contributed by atoms with Gasteiger partial charge in [0.05, 0.1) is 21.3 Å². The van der Waals surface area contributed by atoms with Gasteiger partial charge < -0.3 is 19.9 Å². The van der Waals surface area contributed by atoms with Crippen LogP contribution in [-0.4, -0.2) is 27.8 Å². The number of hydrogen-bond acceptors (Lipinski definition) is 4. The van der Waals surface area contributed by atoms with Crippen LogP contribution in [0.15, 0.2) is 12.1 Å². The third kappa shape index (κ3) is 2.53. The van der Waals surface area contributed by atoms with Gasteiger partial charge in [0.15, 0.2) is 11.5 Å². The maximum atomic E-state index is 7.85. The largest absolute Gasteiger partial charge is 0.496 e. The SMILES string of the molecule is [2H]C([2H])(N)C([2H])([2H])c1cc(OC)c(OC)cc1OC. The molecule has 0 fully saturated rings. The van der Waals surface area contributed by atoms with Crippen LogP contribution >= 0.6 is 0 Å². The van der Waals surface area contributed by atoms with Crippen molar-refractivity contribution in [3.05, 3.63) is 17.7 Å². The average Bonchev–Trinajstić information content (AvgIpc) is 2.35. The van der Waals surface area contributed by atoms with Crippen molar-refractivity contribution in [2.45, 2.75) is 6.37 Å². The van der Waals surface area contributed by atoms with Gasteiger partial charge in [-0.2, -0.15) is 0 Å². The molecule has 4 heteroatoms. The standard InChI is InChI=1S/C11H17NO3/c1-13-9-7-11(15-3)10(14-2)6-8(9)4-5-12/h6-7H,4-5,12H2,1-3H3/i4D2,5D2. The van der Waals surface area contributed by atoms with Crippen molar-refractivity contribution in [2.24, 2.45) is 5.73 Å². The molecule has 4 nitrogen and oxygen atoms in total. The van der Waals surface area contributed by atoms with Crippen LogP contribution in [-0.2, 0) is 6.37 Å². The first-order valence-corrected chi connectivity index (χ1v) is 4.28. The van der Waals surface area contributed by atoms with E-state index in [0.29, 0.717) is 5.75 Å². The highest BCUT2D eigenvalue weighted by Crippen LogP contribution is 2.34. The van der Waals surface area contributed by atoms with E-state index in [1.54, 1.807) is 0 Å². The Hall–Kier alpha value is -1.42. The zero-order valence-electron chi connectivity index (χ0n) is 13.0. The van der Waals surface area contributed by atoms with Crippen molar-refractivity contribution in [1.29, 1.82) is 0 Å². The molecule has 0 aliphatic rings. The van der Waals surface area contributed by atoms with Crippen LogP contribution in [0.2, 0.25) is 0 Å². The number of benzene rings is 1. The number of ether oxygens (including phenoxy) is 3. The van der Waals surface area contributed by atoms with Gasteiger partial charge in [-0.1, -0.05) is 0 Å². The van der Waals surface area contributed by atoms with Crippen molar-refractivity contribution < 1.29 is 19.7 Å². The lowest BCUT2D eigenvalue weighted by Crippen LogP contribution is -2.05. The van der Waals surface area contributed by atoms with Gasteiger partial charge in [-0.3, -0.25) is 0 Å². The fraction of sp³-hybridized carbons (Fsp3) is 0.455. The van der Waals surface area contributed by atoms with Crippen LogP contribution in [0.25, 0.3) is 0 Å². The number of rotatable bonds is 5. The molecule has 0 aliphatic carbocycles. The molecule has 15 heavy (non-hydrogen) atoms. The molecule has 0 saturated heterocycles. The monoisotopic (exact) mass is 215 g/mol. The summed E-state index contributed by atoms with van der Waals surface area (Å²) in [6.07, 6.45) is -2.45. The predicted octanol–water partition coefficient (Wildman–Crippen LogP) is 1.21. The summed E-state index contributed by atoms with van der Waals surface area (Å²) in [6, 6.07) is 2.75. The normalized spacial score (nSPS) is 15.7. The molecule has 0 unspecified atom stereocenters. The van der Waals surface area contributed by atoms with E-state index >= 15 is 0 Å². The van der Waals surface area contributed by atoms with Crippen molar-refractivity contribution in [3.63, 3.8) is 0 Å². The fourth-order valence-corrected chi connectivity index (χ4v) is 1.20. The first-order valence-electron chi connectivity index (χ1n) is 6.28. The van der Waals surface area contributed by atoms with Gasteiger partial charge >= 0.3 is 0 Å². The molecule has 0 atom stereocenters. The topological polar surface area (TPSA) is 53.7 Å². The Labute approximate surface area is 95.6 Å². The summed E-state index contributed by atoms with van der Waals surface area (Å²) in [4.78, 5) is 0. The first kappa shape index (κ1) is 6.95. The summed E-state index contributed by atoms with van der Waals surface area (Å²) in [5, 5.41) is 0. The van der Waals surface area contributed by atoms with Crippen LogP contribution in [0.5, 0.6) is 17.2 Å². The molecule has 84 valence electrons. The van der Waals surface area contributed by atoms with Crippen molar-refractivity contribution in [2.75, 3.05) is 27.8 Å². The maximum absolute atomic E-state index is 7.85. The first-order chi connectivity index (χ1) is 8.68. The van der Waals surface area contributed by atoms with E-state index in [1.165, 1.54) is 33.5 Å². The predicted molar refractivity (Wildman–Crippen MR) is 58.9 cm³/mol. The highest BCUT2D eigenvalue weighted by atomic mass is 16.5. The second-order valence-corrected chi connectivity index (χ2v) is 2.68. The van der Waals surface area contributed by atoms with Crippen LogP contribution < -0.4 is 19.9 Å². The minimum absolute atomic E-state index is 0.0415. The summed E-state index contributed by atoms with van der Waals surface area (Å²) >= 11 is 0. The summed E-state index contributed by atoms with van der Waals surface area (Å²) in [5.74, 6) is 0.764. The van der Waals surface area contributed by atoms with Gasteiger partial charge in [-0.25, -0.2) is 0 Å². The van der Waals surface area contributed by atoms with Gasteiger partial charge in [-0.15, -0.1) is 0 Å². The summed E-state index contributed by atoms with van der Waals surface area (Å²) < 4.78 is 45.8. The molecule has 0 heterocycles. The van der Waals surface area contributed by atoms with Crippen molar-refractivity contribution in [3.8, 4) is 17.2 Å². The van der Waals surface area contributed by atoms with Gasteiger partial charge in [0, 0.05) is 11.5 Å². The minimum atomic E-state index is -2.57. The molecular formula is C11H17NO3. The van der Waals surface area contributed by atoms with Crippen LogP contribution in [0.4, 0.5) is 0 Å². The Morgan fingerprint density at radius 1 is 1.07 bits per heavy atom. The molecule has 1 aromatic carbocycles. The molecule has 0 aliphatic heterocycles. The average molecular weight is 215 g/mol. The summed E-state index contributed by atoms with van der Waals surface area (Å²) in [5.41, 5.74) is 5.22. The van der Waals surface area contributed by atoms with Gasteiger partial charge in [0.1, 0.15) is 5.75 Å². The van der Waals surface area contributed by atoms with E-state index in [-0.39, 0.29) is 17.1 Å². The van der Waals surface area contributed by atoms with Crippen molar-refractivity contribution >= 4 is 0 Å². The number of hydrogen-bond donors (Lipinski definition) is 1. The molecule has 0 saturated carbocycles. The van der Waals surface area contributed by atoms with E-state index in [4.69, 9.17) is 25.4 Å². The Bertz CT molecular complexity index is 460. The quantitative estimate of drug-likeness (QED) is 0.802. The van der Waals surface area contributed by atoms with Gasteiger partial charge in [0.2, 0.25) is 0 Å². The van der Waals surface area contributed by atoms with E-state index in [2.05, 4.69) is 0 Å². The smallest absolute Gasteiger partial charge is 0.164 e. The van der Waals surface area contributed by atoms with E-state index in [0.717, 1.165) is 0 Å². The maximum Gasteiger partial charge on any atom is 0.164 e. The van der Waals surface area contributed by atoms with E-state index in [9.17, 15) is 0 Å². The molecule has 2 N–H and O–H groups in total. The van der Waals surface area contributed by atoms with Crippen LogP contribution in [0, 0.1) is 0 Å². The lowest BCUT2D eigenvalue weighted by atomic mass is 10.1. The number of nitrogens with two attached hydrogens (primary N) is 1. The lowest BCUT2D eigenvalue weighted by molar-refractivity contribution is 0.347. The molecule has 0 radical (unpaired) electrons. The Morgan fingerprint density at radius 2 is 1.60 bits per heavy atom. The van der Waals surface area contributed by atoms with Crippen LogP contribution in [0.1, 0.15) is 11.0 Å². The van der Waals surface area contributed by atoms with Crippen LogP contribution in [0.3, 0.4) is 0 Å². The third-order valence-electron chi connectivity index (χ3n) is 1.91. The Kier molecular flexibility index (Phi) is 2.53. The number of methoxy groups -OCH3 is 3. The molecule has 0 spiro atoms. The molecular weight excluding hydrogens is 194 g/mol. The highest BCUT2D eigenvalue weighted by molar-refractivity contribution is 5.50. The van der Waals surface area contributed by atoms with Gasteiger partial charge in [-0.05, 0) is 24.5 Å². The zero-order valence-corrected chi connectivity index (χ0v) is 8.96. The van der Waals surface area contributed by atoms with Gasteiger partial charge in [0.25, 0.3) is 0 Å². The van der Waals surface area contributed by atoms with E-state index in [1.807, 2.05) is 0 Å². The second kappa shape index (κ2) is 5.46. The molecule has 1 aromatic rings. The second-order valence-electron chi connectivity index (χ2n) is 2.68. The Morgan fingerprint density at radius 3 is 2.07 bits per heavy atom. The number of aryl methyl sites for hydroxylation is 1. The van der Waals surface area contributed by atoms with E-state index < -0.39 is 12.9 Å². The highest BCUT2D eigenvalue weighted by Gasteiger charge is 2.10. The lowest BCUT2D eigenvalue weighted by Gasteiger charge is -2.13. The molecule has 0 amide bonds. The summed E-state index contributed by atoms with van der Waals surface area (Å²) in [6.45, 7) is -2.57. The summed E-state index contributed by atoms with van der Waals surface area (Å²) in [7, 11) is 4.20. The molecule has 1 rings (SSSR count). The molecule has 0 bridgehead atoms. The molecule has 0 aromatic heterocycles. The minimum Gasteiger partial charge on any atom is -0.496 e. The zero-order chi connectivity index (χ0) is 14.8. The van der Waals surface area contributed by atoms with Crippen molar-refractivity contribution in [1.82, 2.24) is 0 Å².